The Labute approximate surface area is 124 Å². The first-order valence-electron chi connectivity index (χ1n) is 6.99. The Kier molecular flexibility index (Phi) is 4.31. The van der Waals surface area contributed by atoms with Gasteiger partial charge in [0, 0.05) is 18.5 Å². The number of hydrogen-bond donors (Lipinski definition) is 2. The summed E-state index contributed by atoms with van der Waals surface area (Å²) < 4.78 is 5.82. The van der Waals surface area contributed by atoms with E-state index >= 15 is 0 Å². The minimum Gasteiger partial charge on any atom is -0.485 e. The minimum atomic E-state index is -0.772. The van der Waals surface area contributed by atoms with Crippen LogP contribution in [0.5, 0.6) is 5.75 Å². The molecule has 1 aliphatic rings. The molecule has 1 aliphatic heterocycles. The molecule has 0 saturated heterocycles. The molecule has 0 radical (unpaired) electrons. The van der Waals surface area contributed by atoms with E-state index < -0.39 is 11.7 Å². The zero-order valence-corrected chi connectivity index (χ0v) is 12.5. The summed E-state index contributed by atoms with van der Waals surface area (Å²) in [6.07, 6.45) is -0.372. The van der Waals surface area contributed by atoms with Crippen molar-refractivity contribution < 1.29 is 14.6 Å². The zero-order chi connectivity index (χ0) is 15.6. The lowest BCUT2D eigenvalue weighted by atomic mass is 9.86. The number of fused-ring (bicyclic) bond motifs is 1. The third-order valence-electron chi connectivity index (χ3n) is 3.72. The number of ketones is 1. The molecule has 5 nitrogen and oxygen atoms in total. The van der Waals surface area contributed by atoms with Gasteiger partial charge < -0.3 is 15.2 Å². The molecular weight excluding hydrogens is 268 g/mol. The molecule has 0 fully saturated rings. The van der Waals surface area contributed by atoms with Gasteiger partial charge >= 0.3 is 0 Å². The van der Waals surface area contributed by atoms with Crippen molar-refractivity contribution >= 4 is 5.78 Å². The predicted octanol–water partition coefficient (Wildman–Crippen LogP) is 1.70. The highest BCUT2D eigenvalue weighted by atomic mass is 16.5. The highest BCUT2D eigenvalue weighted by molar-refractivity contribution is 5.75. The molecule has 0 saturated carbocycles. The number of nitrogens with zero attached hydrogens (tertiary/aromatic N) is 1. The average Bonchev–Trinajstić information content (AvgIpc) is 2.42. The van der Waals surface area contributed by atoms with E-state index in [1.165, 1.54) is 6.92 Å². The van der Waals surface area contributed by atoms with Crippen molar-refractivity contribution in [1.82, 2.24) is 5.32 Å². The number of aliphatic hydroxyl groups is 1. The van der Waals surface area contributed by atoms with E-state index in [-0.39, 0.29) is 11.8 Å². The number of ether oxygens (including phenoxy) is 1. The molecule has 0 aromatic heterocycles. The topological polar surface area (TPSA) is 82.4 Å². The van der Waals surface area contributed by atoms with Crippen LogP contribution in [0.2, 0.25) is 0 Å². The molecular formula is C16H20N2O3. The molecule has 0 aliphatic carbocycles. The van der Waals surface area contributed by atoms with Crippen LogP contribution in [-0.4, -0.2) is 29.1 Å². The van der Waals surface area contributed by atoms with Gasteiger partial charge in [0.2, 0.25) is 0 Å². The second kappa shape index (κ2) is 5.84. The number of aliphatic hydroxyl groups excluding tert-OH is 1. The van der Waals surface area contributed by atoms with Crippen molar-refractivity contribution in [2.45, 2.75) is 44.9 Å². The molecule has 1 aromatic rings. The van der Waals surface area contributed by atoms with Crippen molar-refractivity contribution in [2.75, 3.05) is 6.54 Å². The molecule has 2 atom stereocenters. The van der Waals surface area contributed by atoms with Gasteiger partial charge in [0.1, 0.15) is 23.2 Å². The van der Waals surface area contributed by atoms with E-state index in [0.717, 1.165) is 5.56 Å². The second-order valence-corrected chi connectivity index (χ2v) is 5.90. The van der Waals surface area contributed by atoms with Crippen LogP contribution in [-0.2, 0) is 4.79 Å². The molecule has 0 bridgehead atoms. The number of carbonyl (C=O) groups excluding carboxylic acids is 1. The first-order chi connectivity index (χ1) is 9.85. The molecule has 1 aromatic carbocycles. The lowest BCUT2D eigenvalue weighted by molar-refractivity contribution is -0.117. The van der Waals surface area contributed by atoms with Crippen molar-refractivity contribution in [3.63, 3.8) is 0 Å². The van der Waals surface area contributed by atoms with Gasteiger partial charge in [-0.3, -0.25) is 4.79 Å². The Hall–Kier alpha value is -1.90. The number of nitriles is 1. The predicted molar refractivity (Wildman–Crippen MR) is 77.9 cm³/mol. The maximum atomic E-state index is 11.1. The van der Waals surface area contributed by atoms with E-state index in [4.69, 9.17) is 10.00 Å². The van der Waals surface area contributed by atoms with Gasteiger partial charge in [-0.05, 0) is 39.0 Å². The van der Waals surface area contributed by atoms with E-state index in [1.807, 2.05) is 13.8 Å². The third kappa shape index (κ3) is 3.23. The largest absolute Gasteiger partial charge is 0.485 e. The monoisotopic (exact) mass is 288 g/mol. The van der Waals surface area contributed by atoms with E-state index in [9.17, 15) is 9.90 Å². The zero-order valence-electron chi connectivity index (χ0n) is 12.5. The Morgan fingerprint density at radius 2 is 2.24 bits per heavy atom. The van der Waals surface area contributed by atoms with Crippen molar-refractivity contribution in [3.8, 4) is 11.8 Å². The quantitative estimate of drug-likeness (QED) is 0.881. The summed E-state index contributed by atoms with van der Waals surface area (Å²) in [6, 6.07) is 6.89. The summed E-state index contributed by atoms with van der Waals surface area (Å²) >= 11 is 0. The van der Waals surface area contributed by atoms with E-state index in [1.54, 1.807) is 18.2 Å². The highest BCUT2D eigenvalue weighted by Crippen LogP contribution is 2.40. The summed E-state index contributed by atoms with van der Waals surface area (Å²) in [5.74, 6) is 0.749. The Morgan fingerprint density at radius 3 is 2.86 bits per heavy atom. The van der Waals surface area contributed by atoms with Crippen LogP contribution in [0.25, 0.3) is 0 Å². The summed E-state index contributed by atoms with van der Waals surface area (Å²) in [7, 11) is 0. The number of hydrogen-bond acceptors (Lipinski definition) is 5. The van der Waals surface area contributed by atoms with Crippen LogP contribution in [0.3, 0.4) is 0 Å². The molecule has 0 amide bonds. The van der Waals surface area contributed by atoms with E-state index in [0.29, 0.717) is 24.3 Å². The Morgan fingerprint density at radius 1 is 1.52 bits per heavy atom. The summed E-state index contributed by atoms with van der Waals surface area (Å²) in [4.78, 5) is 11.1. The number of carbonyl (C=O) groups is 1. The third-order valence-corrected chi connectivity index (χ3v) is 3.72. The molecule has 112 valence electrons. The number of rotatable bonds is 4. The highest BCUT2D eigenvalue weighted by Gasteiger charge is 2.42. The van der Waals surface area contributed by atoms with Crippen LogP contribution in [0.1, 0.15) is 44.4 Å². The molecule has 5 heteroatoms. The Balaban J connectivity index is 2.32. The maximum Gasteiger partial charge on any atom is 0.131 e. The first kappa shape index (κ1) is 15.5. The van der Waals surface area contributed by atoms with Gasteiger partial charge in [-0.25, -0.2) is 0 Å². The van der Waals surface area contributed by atoms with Gasteiger partial charge in [0.15, 0.2) is 0 Å². The number of nitrogens with one attached hydrogen (secondary N) is 1. The molecule has 0 spiro atoms. The molecule has 0 unspecified atom stereocenters. The van der Waals surface area contributed by atoms with Gasteiger partial charge in [0.25, 0.3) is 0 Å². The molecule has 1 heterocycles. The first-order valence-corrected chi connectivity index (χ1v) is 6.99. The molecule has 2 N–H and O–H groups in total. The summed E-state index contributed by atoms with van der Waals surface area (Å²) in [5, 5.41) is 22.7. The standard InChI is InChI=1S/C16H20N2O3/c1-10(19)6-7-18-14-12-8-11(9-17)4-5-13(12)21-16(2,3)15(14)20/h4-5,8,14-15,18,20H,6-7H2,1-3H3/t14-,15+/m1/s1. The molecule has 21 heavy (non-hydrogen) atoms. The van der Waals surface area contributed by atoms with Crippen molar-refractivity contribution in [1.29, 1.82) is 5.26 Å². The molecule has 2 rings (SSSR count). The van der Waals surface area contributed by atoms with E-state index in [2.05, 4.69) is 11.4 Å². The maximum absolute atomic E-state index is 11.1. The summed E-state index contributed by atoms with van der Waals surface area (Å²) in [5.41, 5.74) is 0.529. The Bertz CT molecular complexity index is 590. The minimum absolute atomic E-state index is 0.0920. The van der Waals surface area contributed by atoms with Crippen LogP contribution >= 0.6 is 0 Å². The SMILES string of the molecule is CC(=O)CCN[C@@H]1c2cc(C#N)ccc2OC(C)(C)[C@H]1O. The van der Waals surface area contributed by atoms with Gasteiger partial charge in [-0.1, -0.05) is 0 Å². The smallest absolute Gasteiger partial charge is 0.131 e. The number of benzene rings is 1. The van der Waals surface area contributed by atoms with Crippen LogP contribution in [0.15, 0.2) is 18.2 Å². The van der Waals surface area contributed by atoms with Crippen LogP contribution in [0.4, 0.5) is 0 Å². The lowest BCUT2D eigenvalue weighted by Crippen LogP contribution is -2.52. The fourth-order valence-corrected chi connectivity index (χ4v) is 2.49. The van der Waals surface area contributed by atoms with Gasteiger partial charge in [-0.2, -0.15) is 5.26 Å². The number of Topliss-reactive ketones (excluding diaryl/α,β-unsaturated/α-hetero) is 1. The van der Waals surface area contributed by atoms with Crippen LogP contribution < -0.4 is 10.1 Å². The second-order valence-electron chi connectivity index (χ2n) is 5.90. The average molecular weight is 288 g/mol. The lowest BCUT2D eigenvalue weighted by Gasteiger charge is -2.42. The van der Waals surface area contributed by atoms with Gasteiger partial charge in [-0.15, -0.1) is 0 Å². The van der Waals surface area contributed by atoms with Crippen molar-refractivity contribution in [2.24, 2.45) is 0 Å². The normalized spacial score (nSPS) is 22.8. The van der Waals surface area contributed by atoms with Crippen molar-refractivity contribution in [3.05, 3.63) is 29.3 Å². The van der Waals surface area contributed by atoms with Gasteiger partial charge in [0.05, 0.1) is 17.7 Å². The summed E-state index contributed by atoms with van der Waals surface area (Å²) in [6.45, 7) is 5.65. The van der Waals surface area contributed by atoms with Crippen LogP contribution in [0, 0.1) is 11.3 Å². The fourth-order valence-electron chi connectivity index (χ4n) is 2.49. The fraction of sp³-hybridized carbons (Fsp3) is 0.500.